The summed E-state index contributed by atoms with van der Waals surface area (Å²) in [6.07, 6.45) is 0.878. The molecule has 0 amide bonds. The number of hydrogen-bond acceptors (Lipinski definition) is 3. The van der Waals surface area contributed by atoms with E-state index in [4.69, 9.17) is 17.0 Å². The van der Waals surface area contributed by atoms with E-state index in [1.54, 1.807) is 23.9 Å². The van der Waals surface area contributed by atoms with Gasteiger partial charge in [0.2, 0.25) is 0 Å². The van der Waals surface area contributed by atoms with Crippen molar-refractivity contribution in [3.63, 3.8) is 0 Å². The molecule has 0 unspecified atom stereocenters. The maximum absolute atomic E-state index is 13.8. The molecule has 0 radical (unpaired) electrons. The molecule has 1 heterocycles. The van der Waals surface area contributed by atoms with E-state index in [1.165, 1.54) is 6.07 Å². The van der Waals surface area contributed by atoms with E-state index >= 15 is 0 Å². The Balaban J connectivity index is 2.03. The Kier molecular flexibility index (Phi) is 6.69. The smallest absolute Gasteiger partial charge is 0.170 e. The summed E-state index contributed by atoms with van der Waals surface area (Å²) in [7, 11) is 1.67. The highest BCUT2D eigenvalue weighted by atomic mass is 32.1. The Labute approximate surface area is 147 Å². The molecular weight excluding hydrogens is 327 g/mol. The highest BCUT2D eigenvalue weighted by molar-refractivity contribution is 7.80. The summed E-state index contributed by atoms with van der Waals surface area (Å²) in [4.78, 5) is 0. The molecular formula is C17H23FN4OS. The van der Waals surface area contributed by atoms with Gasteiger partial charge in [-0.25, -0.2) is 4.39 Å². The van der Waals surface area contributed by atoms with Gasteiger partial charge in [-0.1, -0.05) is 18.2 Å². The second-order valence-electron chi connectivity index (χ2n) is 5.52. The quantitative estimate of drug-likeness (QED) is 0.594. The third-order valence-corrected chi connectivity index (χ3v) is 3.96. The van der Waals surface area contributed by atoms with Crippen molar-refractivity contribution in [1.29, 1.82) is 0 Å². The molecule has 0 saturated heterocycles. The molecule has 24 heavy (non-hydrogen) atoms. The molecule has 5 nitrogen and oxygen atoms in total. The van der Waals surface area contributed by atoms with Crippen LogP contribution in [0.1, 0.15) is 23.4 Å². The fourth-order valence-corrected chi connectivity index (χ4v) is 2.60. The van der Waals surface area contributed by atoms with Gasteiger partial charge in [-0.2, -0.15) is 5.10 Å². The Morgan fingerprint density at radius 1 is 1.33 bits per heavy atom. The second-order valence-corrected chi connectivity index (χ2v) is 5.93. The van der Waals surface area contributed by atoms with Gasteiger partial charge in [0, 0.05) is 25.8 Å². The topological polar surface area (TPSA) is 51.1 Å². The van der Waals surface area contributed by atoms with Crippen molar-refractivity contribution in [2.45, 2.75) is 26.8 Å². The molecule has 0 saturated carbocycles. The Morgan fingerprint density at radius 3 is 2.79 bits per heavy atom. The molecule has 1 aromatic carbocycles. The molecule has 1 aromatic heterocycles. The van der Waals surface area contributed by atoms with Crippen molar-refractivity contribution in [3.8, 4) is 0 Å². The third-order valence-electron chi connectivity index (χ3n) is 3.71. The van der Waals surface area contributed by atoms with E-state index in [2.05, 4.69) is 15.7 Å². The van der Waals surface area contributed by atoms with E-state index in [1.807, 2.05) is 19.9 Å². The first-order valence-electron chi connectivity index (χ1n) is 7.84. The van der Waals surface area contributed by atoms with E-state index in [0.717, 1.165) is 30.0 Å². The monoisotopic (exact) mass is 350 g/mol. The van der Waals surface area contributed by atoms with Crippen LogP contribution in [0.2, 0.25) is 0 Å². The van der Waals surface area contributed by atoms with Crippen molar-refractivity contribution in [2.24, 2.45) is 0 Å². The molecule has 0 bridgehead atoms. The van der Waals surface area contributed by atoms with Crippen molar-refractivity contribution in [3.05, 3.63) is 47.0 Å². The van der Waals surface area contributed by atoms with E-state index < -0.39 is 0 Å². The number of methoxy groups -OCH3 is 1. The van der Waals surface area contributed by atoms with Crippen LogP contribution in [0.5, 0.6) is 0 Å². The predicted molar refractivity (Wildman–Crippen MR) is 97.9 cm³/mol. The molecule has 2 N–H and O–H groups in total. The number of hydrogen-bond donors (Lipinski definition) is 2. The molecule has 7 heteroatoms. The summed E-state index contributed by atoms with van der Waals surface area (Å²) in [5.41, 5.74) is 3.20. The normalized spacial score (nSPS) is 10.7. The highest BCUT2D eigenvalue weighted by Gasteiger charge is 2.14. The van der Waals surface area contributed by atoms with Gasteiger partial charge in [0.15, 0.2) is 5.11 Å². The molecule has 0 aliphatic carbocycles. The summed E-state index contributed by atoms with van der Waals surface area (Å²) >= 11 is 5.30. The lowest BCUT2D eigenvalue weighted by atomic mass is 10.2. The minimum atomic E-state index is -0.227. The van der Waals surface area contributed by atoms with E-state index in [9.17, 15) is 4.39 Å². The SMILES string of the molecule is COCCCNC(=S)Nc1c(C)nn(Cc2ccccc2F)c1C. The zero-order chi connectivity index (χ0) is 17.5. The molecule has 2 aromatic rings. The first-order chi connectivity index (χ1) is 11.5. The maximum atomic E-state index is 13.8. The molecule has 0 aliphatic heterocycles. The van der Waals surface area contributed by atoms with Gasteiger partial charge < -0.3 is 15.4 Å². The second kappa shape index (κ2) is 8.75. The number of rotatable bonds is 7. The third kappa shape index (κ3) is 4.75. The van der Waals surface area contributed by atoms with Crippen molar-refractivity contribution >= 4 is 23.0 Å². The highest BCUT2D eigenvalue weighted by Crippen LogP contribution is 2.21. The van der Waals surface area contributed by atoms with Gasteiger partial charge in [0.1, 0.15) is 5.82 Å². The Hall–Kier alpha value is -1.99. The van der Waals surface area contributed by atoms with Crippen LogP contribution >= 0.6 is 12.2 Å². The van der Waals surface area contributed by atoms with Crippen LogP contribution in [0, 0.1) is 19.7 Å². The predicted octanol–water partition coefficient (Wildman–Crippen LogP) is 3.01. The minimum absolute atomic E-state index is 0.227. The number of thiocarbonyl (C=S) groups is 1. The van der Waals surface area contributed by atoms with Crippen LogP contribution in [-0.2, 0) is 11.3 Å². The van der Waals surface area contributed by atoms with Gasteiger partial charge in [0.05, 0.1) is 23.6 Å². The van der Waals surface area contributed by atoms with Crippen LogP contribution in [0.25, 0.3) is 0 Å². The van der Waals surface area contributed by atoms with Crippen LogP contribution in [-0.4, -0.2) is 35.2 Å². The van der Waals surface area contributed by atoms with E-state index in [0.29, 0.717) is 23.8 Å². The average molecular weight is 350 g/mol. The fraction of sp³-hybridized carbons (Fsp3) is 0.412. The zero-order valence-corrected chi connectivity index (χ0v) is 15.0. The van der Waals surface area contributed by atoms with Gasteiger partial charge in [-0.15, -0.1) is 0 Å². The molecule has 2 rings (SSSR count). The lowest BCUT2D eigenvalue weighted by Gasteiger charge is -2.11. The largest absolute Gasteiger partial charge is 0.385 e. The Bertz CT molecular complexity index is 702. The Morgan fingerprint density at radius 2 is 2.08 bits per heavy atom. The lowest BCUT2D eigenvalue weighted by molar-refractivity contribution is 0.196. The fourth-order valence-electron chi connectivity index (χ4n) is 2.40. The van der Waals surface area contributed by atoms with Gasteiger partial charge in [0.25, 0.3) is 0 Å². The summed E-state index contributed by atoms with van der Waals surface area (Å²) in [6, 6.07) is 6.73. The summed E-state index contributed by atoms with van der Waals surface area (Å²) in [5.74, 6) is -0.227. The number of nitrogens with zero attached hydrogens (tertiary/aromatic N) is 2. The first-order valence-corrected chi connectivity index (χ1v) is 8.25. The number of aryl methyl sites for hydroxylation is 1. The number of ether oxygens (including phenoxy) is 1. The number of benzene rings is 1. The number of anilines is 1. The van der Waals surface area contributed by atoms with Gasteiger partial charge >= 0.3 is 0 Å². The summed E-state index contributed by atoms with van der Waals surface area (Å²) in [5, 5.41) is 11.3. The summed E-state index contributed by atoms with van der Waals surface area (Å²) in [6.45, 7) is 5.65. The first kappa shape index (κ1) is 18.4. The van der Waals surface area contributed by atoms with Gasteiger partial charge in [-0.3, -0.25) is 4.68 Å². The van der Waals surface area contributed by atoms with Crippen molar-refractivity contribution < 1.29 is 9.13 Å². The maximum Gasteiger partial charge on any atom is 0.170 e. The molecule has 0 fully saturated rings. The van der Waals surface area contributed by atoms with Crippen LogP contribution in [0.3, 0.4) is 0 Å². The zero-order valence-electron chi connectivity index (χ0n) is 14.2. The molecule has 130 valence electrons. The lowest BCUT2D eigenvalue weighted by Crippen LogP contribution is -2.30. The standard InChI is InChI=1S/C17H23FN4OS/c1-12-16(20-17(24)19-9-6-10-23-3)13(2)22(21-12)11-14-7-4-5-8-15(14)18/h4-5,7-8H,6,9-11H2,1-3H3,(H2,19,20,24). The van der Waals surface area contributed by atoms with Crippen LogP contribution < -0.4 is 10.6 Å². The molecule has 0 spiro atoms. The number of aromatic nitrogens is 2. The number of nitrogens with one attached hydrogen (secondary N) is 2. The molecule has 0 aliphatic rings. The minimum Gasteiger partial charge on any atom is -0.385 e. The van der Waals surface area contributed by atoms with E-state index in [-0.39, 0.29) is 5.82 Å². The van der Waals surface area contributed by atoms with Crippen molar-refractivity contribution in [2.75, 3.05) is 25.6 Å². The van der Waals surface area contributed by atoms with Crippen LogP contribution in [0.15, 0.2) is 24.3 Å². The van der Waals surface area contributed by atoms with Gasteiger partial charge in [-0.05, 0) is 38.6 Å². The molecule has 0 atom stereocenters. The average Bonchev–Trinajstić information content (AvgIpc) is 2.81. The van der Waals surface area contributed by atoms with Crippen LogP contribution in [0.4, 0.5) is 10.1 Å². The van der Waals surface area contributed by atoms with Crippen molar-refractivity contribution in [1.82, 2.24) is 15.1 Å². The number of halogens is 1. The summed E-state index contributed by atoms with van der Waals surface area (Å²) < 4.78 is 20.6.